The third-order valence-electron chi connectivity index (χ3n) is 4.33. The van der Waals surface area contributed by atoms with E-state index in [0.717, 1.165) is 17.9 Å². The zero-order chi connectivity index (χ0) is 19.6. The van der Waals surface area contributed by atoms with Crippen LogP contribution in [0.5, 0.6) is 5.75 Å². The van der Waals surface area contributed by atoms with Crippen molar-refractivity contribution >= 4 is 11.6 Å². The van der Waals surface area contributed by atoms with Crippen molar-refractivity contribution in [2.75, 3.05) is 40.9 Å². The molecule has 2 rings (SSSR count). The molecular formula is C21H29ClN2O3. The first-order chi connectivity index (χ1) is 13.0. The highest BCUT2D eigenvalue weighted by molar-refractivity contribution is 6.30. The van der Waals surface area contributed by atoms with E-state index in [1.807, 2.05) is 50.5 Å². The minimum absolute atomic E-state index is 0.207. The Morgan fingerprint density at radius 1 is 1.04 bits per heavy atom. The van der Waals surface area contributed by atoms with Crippen LogP contribution >= 0.6 is 11.6 Å². The third kappa shape index (κ3) is 7.48. The summed E-state index contributed by atoms with van der Waals surface area (Å²) >= 11 is 5.86. The number of nitrogens with zero attached hydrogens (tertiary/aromatic N) is 1. The smallest absolute Gasteiger partial charge is 0.118 e. The number of hydrogen-bond acceptors (Lipinski definition) is 5. The summed E-state index contributed by atoms with van der Waals surface area (Å²) in [6.07, 6.45) is -0.559. The van der Waals surface area contributed by atoms with Gasteiger partial charge >= 0.3 is 0 Å². The van der Waals surface area contributed by atoms with E-state index in [2.05, 4.69) is 22.3 Å². The van der Waals surface area contributed by atoms with Gasteiger partial charge in [-0.2, -0.15) is 0 Å². The van der Waals surface area contributed by atoms with E-state index in [9.17, 15) is 5.11 Å². The maximum atomic E-state index is 10.1. The minimum atomic E-state index is -0.559. The van der Waals surface area contributed by atoms with Crippen LogP contribution in [0.25, 0.3) is 0 Å². The van der Waals surface area contributed by atoms with Gasteiger partial charge in [0.15, 0.2) is 0 Å². The van der Waals surface area contributed by atoms with Gasteiger partial charge in [0.2, 0.25) is 0 Å². The van der Waals surface area contributed by atoms with E-state index in [0.29, 0.717) is 18.2 Å². The van der Waals surface area contributed by atoms with Crippen molar-refractivity contribution in [3.8, 4) is 5.75 Å². The van der Waals surface area contributed by atoms with E-state index >= 15 is 0 Å². The number of likely N-dealkylation sites (N-methyl/N-ethyl adjacent to an activating group) is 1. The summed E-state index contributed by atoms with van der Waals surface area (Å²) in [6.45, 7) is 1.94. The second kappa shape index (κ2) is 11.3. The van der Waals surface area contributed by atoms with Gasteiger partial charge in [-0.05, 0) is 49.5 Å². The molecule has 6 heteroatoms. The molecule has 2 aromatic carbocycles. The molecule has 0 heterocycles. The molecule has 0 aliphatic rings. The van der Waals surface area contributed by atoms with Crippen molar-refractivity contribution in [2.45, 2.75) is 18.8 Å². The summed E-state index contributed by atoms with van der Waals surface area (Å²) in [5.41, 5.74) is 2.23. The average Bonchev–Trinajstić information content (AvgIpc) is 2.67. The topological polar surface area (TPSA) is 54.0 Å². The Morgan fingerprint density at radius 3 is 2.30 bits per heavy atom. The minimum Gasteiger partial charge on any atom is -0.497 e. The molecule has 2 atom stereocenters. The second-order valence-corrected chi connectivity index (χ2v) is 7.14. The first kappa shape index (κ1) is 21.7. The molecule has 0 aliphatic heterocycles. The Bertz CT molecular complexity index is 662. The summed E-state index contributed by atoms with van der Waals surface area (Å²) in [7, 11) is 5.75. The first-order valence-corrected chi connectivity index (χ1v) is 9.38. The zero-order valence-corrected chi connectivity index (χ0v) is 16.9. The summed E-state index contributed by atoms with van der Waals surface area (Å²) in [6, 6.07) is 15.8. The molecule has 0 aliphatic carbocycles. The number of halogens is 1. The number of aliphatic hydroxyl groups is 1. The second-order valence-electron chi connectivity index (χ2n) is 6.71. The Hall–Kier alpha value is -1.63. The Balaban J connectivity index is 1.72. The van der Waals surface area contributed by atoms with E-state index in [4.69, 9.17) is 21.1 Å². The van der Waals surface area contributed by atoms with Gasteiger partial charge in [0, 0.05) is 24.2 Å². The van der Waals surface area contributed by atoms with Crippen LogP contribution in [0.3, 0.4) is 0 Å². The fourth-order valence-corrected chi connectivity index (χ4v) is 2.89. The number of hydrogen-bond donors (Lipinski definition) is 2. The molecule has 0 amide bonds. The molecule has 0 saturated heterocycles. The van der Waals surface area contributed by atoms with E-state index in [-0.39, 0.29) is 12.6 Å². The average molecular weight is 393 g/mol. The maximum Gasteiger partial charge on any atom is 0.118 e. The van der Waals surface area contributed by atoms with E-state index in [1.54, 1.807) is 7.11 Å². The van der Waals surface area contributed by atoms with Crippen molar-refractivity contribution in [3.05, 3.63) is 64.7 Å². The Morgan fingerprint density at radius 2 is 1.70 bits per heavy atom. The highest BCUT2D eigenvalue weighted by Crippen LogP contribution is 2.20. The van der Waals surface area contributed by atoms with Gasteiger partial charge in [-0.25, -0.2) is 0 Å². The lowest BCUT2D eigenvalue weighted by molar-refractivity contribution is 0.0283. The number of benzene rings is 2. The quantitative estimate of drug-likeness (QED) is 0.615. The van der Waals surface area contributed by atoms with Gasteiger partial charge in [-0.3, -0.25) is 0 Å². The maximum absolute atomic E-state index is 10.1. The lowest BCUT2D eigenvalue weighted by Gasteiger charge is -2.26. The zero-order valence-electron chi connectivity index (χ0n) is 16.2. The van der Waals surface area contributed by atoms with Crippen LogP contribution in [0.15, 0.2) is 48.5 Å². The molecule has 0 bridgehead atoms. The number of ether oxygens (including phenoxy) is 2. The summed E-state index contributed by atoms with van der Waals surface area (Å²) in [5.74, 6) is 0.845. The Labute approximate surface area is 166 Å². The summed E-state index contributed by atoms with van der Waals surface area (Å²) in [4.78, 5) is 2.15. The molecule has 0 radical (unpaired) electrons. The normalized spacial score (nSPS) is 13.6. The van der Waals surface area contributed by atoms with Crippen LogP contribution in [-0.2, 0) is 11.3 Å². The van der Waals surface area contributed by atoms with Gasteiger partial charge < -0.3 is 24.8 Å². The molecule has 0 fully saturated rings. The van der Waals surface area contributed by atoms with Gasteiger partial charge in [-0.15, -0.1) is 0 Å². The van der Waals surface area contributed by atoms with Crippen molar-refractivity contribution in [1.82, 2.24) is 10.2 Å². The van der Waals surface area contributed by atoms with Crippen LogP contribution in [0.1, 0.15) is 17.2 Å². The predicted molar refractivity (Wildman–Crippen MR) is 109 cm³/mol. The van der Waals surface area contributed by atoms with Crippen molar-refractivity contribution < 1.29 is 14.6 Å². The van der Waals surface area contributed by atoms with Crippen LogP contribution in [0.4, 0.5) is 0 Å². The lowest BCUT2D eigenvalue weighted by Crippen LogP contribution is -2.36. The molecular weight excluding hydrogens is 364 g/mol. The molecule has 5 nitrogen and oxygen atoms in total. The predicted octanol–water partition coefficient (Wildman–Crippen LogP) is 3.12. The molecule has 2 aromatic rings. The van der Waals surface area contributed by atoms with Crippen molar-refractivity contribution in [1.29, 1.82) is 0 Å². The fourth-order valence-electron chi connectivity index (χ4n) is 2.76. The summed E-state index contributed by atoms with van der Waals surface area (Å²) in [5, 5.41) is 14.2. The van der Waals surface area contributed by atoms with Crippen molar-refractivity contribution in [3.63, 3.8) is 0 Å². The van der Waals surface area contributed by atoms with E-state index < -0.39 is 6.10 Å². The number of aliphatic hydroxyl groups excluding tert-OH is 1. The molecule has 0 unspecified atom stereocenters. The van der Waals surface area contributed by atoms with Crippen LogP contribution < -0.4 is 10.1 Å². The SMILES string of the molecule is COc1ccc([C@H](CNC[C@@H](O)COCc2ccc(Cl)cc2)N(C)C)cc1. The molecule has 148 valence electrons. The molecule has 27 heavy (non-hydrogen) atoms. The van der Waals surface area contributed by atoms with Crippen molar-refractivity contribution in [2.24, 2.45) is 0 Å². The summed E-state index contributed by atoms with van der Waals surface area (Å²) < 4.78 is 10.8. The standard InChI is InChI=1S/C21H29ClN2O3/c1-24(2)21(17-6-10-20(26-3)11-7-17)13-23-12-19(25)15-27-14-16-4-8-18(22)9-5-16/h4-11,19,21,23,25H,12-15H2,1-3H3/t19-,21+/m1/s1. The van der Waals surface area contributed by atoms with E-state index in [1.165, 1.54) is 5.56 Å². The van der Waals surface area contributed by atoms with Crippen LogP contribution in [0, 0.1) is 0 Å². The van der Waals surface area contributed by atoms with Crippen LogP contribution in [0.2, 0.25) is 5.02 Å². The fraction of sp³-hybridized carbons (Fsp3) is 0.429. The van der Waals surface area contributed by atoms with Gasteiger partial charge in [0.25, 0.3) is 0 Å². The molecule has 0 spiro atoms. The van der Waals surface area contributed by atoms with Crippen LogP contribution in [-0.4, -0.2) is 57.0 Å². The molecule has 0 aromatic heterocycles. The molecule has 2 N–H and O–H groups in total. The number of nitrogens with one attached hydrogen (secondary N) is 1. The first-order valence-electron chi connectivity index (χ1n) is 9.01. The molecule has 0 saturated carbocycles. The monoisotopic (exact) mass is 392 g/mol. The van der Waals surface area contributed by atoms with Gasteiger partial charge in [0.05, 0.1) is 26.4 Å². The Kier molecular flexibility index (Phi) is 9.04. The lowest BCUT2D eigenvalue weighted by atomic mass is 10.1. The van der Waals surface area contributed by atoms with Gasteiger partial charge in [-0.1, -0.05) is 35.9 Å². The number of methoxy groups -OCH3 is 1. The van der Waals surface area contributed by atoms with Gasteiger partial charge in [0.1, 0.15) is 5.75 Å². The highest BCUT2D eigenvalue weighted by Gasteiger charge is 2.14. The largest absolute Gasteiger partial charge is 0.497 e. The number of rotatable bonds is 11. The third-order valence-corrected chi connectivity index (χ3v) is 4.59. The highest BCUT2D eigenvalue weighted by atomic mass is 35.5.